The number of rotatable bonds is 3. The molecule has 15 heavy (non-hydrogen) atoms. The normalized spacial score (nSPS) is 12.3. The van der Waals surface area contributed by atoms with E-state index in [1.54, 1.807) is 0 Å². The Morgan fingerprint density at radius 3 is 2.53 bits per heavy atom. The topological polar surface area (TPSA) is 12.0 Å². The summed E-state index contributed by atoms with van der Waals surface area (Å²) in [7, 11) is 1.99. The van der Waals surface area contributed by atoms with E-state index in [-0.39, 0.29) is 0 Å². The molecule has 0 heterocycles. The van der Waals surface area contributed by atoms with Crippen molar-refractivity contribution in [2.45, 2.75) is 26.8 Å². The van der Waals surface area contributed by atoms with Crippen molar-refractivity contribution >= 4 is 15.9 Å². The maximum Gasteiger partial charge on any atom is 0.0508 e. The monoisotopic (exact) mass is 267 g/mol. The van der Waals surface area contributed by atoms with Crippen LogP contribution in [0.2, 0.25) is 0 Å². The van der Waals surface area contributed by atoms with Gasteiger partial charge in [0.1, 0.15) is 0 Å². The molecule has 1 N–H and O–H groups in total. The highest BCUT2D eigenvalue weighted by molar-refractivity contribution is 9.10. The van der Waals surface area contributed by atoms with E-state index in [9.17, 15) is 0 Å². The number of benzene rings is 1. The van der Waals surface area contributed by atoms with Crippen molar-refractivity contribution in [2.24, 2.45) is 0 Å². The van der Waals surface area contributed by atoms with Crippen LogP contribution in [0.3, 0.4) is 0 Å². The van der Waals surface area contributed by atoms with Crippen molar-refractivity contribution in [2.75, 3.05) is 7.05 Å². The molecule has 2 heteroatoms. The molecule has 1 atom stereocenters. The lowest BCUT2D eigenvalue weighted by Gasteiger charge is -2.16. The van der Waals surface area contributed by atoms with Gasteiger partial charge >= 0.3 is 0 Å². The Balaban J connectivity index is 3.07. The zero-order valence-electron chi connectivity index (χ0n) is 9.76. The molecule has 0 radical (unpaired) electrons. The first-order valence-corrected chi connectivity index (χ1v) is 5.92. The van der Waals surface area contributed by atoms with Gasteiger partial charge in [-0.05, 0) is 51.1 Å². The van der Waals surface area contributed by atoms with Gasteiger partial charge < -0.3 is 5.32 Å². The molecule has 0 bridgehead atoms. The molecule has 0 aliphatic rings. The standard InChI is InChI=1S/C13H18BrN/c1-9(2)7-13(15-4)12-6-5-11(14)8-10(12)3/h5-8,13,15H,1-4H3. The molecule has 0 saturated heterocycles. The predicted octanol–water partition coefficient (Wildman–Crippen LogP) is 3.98. The highest BCUT2D eigenvalue weighted by atomic mass is 79.9. The van der Waals surface area contributed by atoms with Crippen LogP contribution in [0.1, 0.15) is 31.0 Å². The predicted molar refractivity (Wildman–Crippen MR) is 70.1 cm³/mol. The Bertz CT molecular complexity index is 365. The molecule has 1 aromatic rings. The first-order chi connectivity index (χ1) is 7.04. The Hall–Kier alpha value is -0.600. The summed E-state index contributed by atoms with van der Waals surface area (Å²) in [6.07, 6.45) is 2.25. The number of likely N-dealkylation sites (N-methyl/N-ethyl adjacent to an activating group) is 1. The molecule has 1 unspecified atom stereocenters. The van der Waals surface area contributed by atoms with Crippen molar-refractivity contribution in [1.82, 2.24) is 5.32 Å². The van der Waals surface area contributed by atoms with E-state index in [1.807, 2.05) is 7.05 Å². The average molecular weight is 268 g/mol. The lowest BCUT2D eigenvalue weighted by atomic mass is 10.00. The van der Waals surface area contributed by atoms with Crippen molar-refractivity contribution in [1.29, 1.82) is 0 Å². The summed E-state index contributed by atoms with van der Waals surface area (Å²) in [5.74, 6) is 0. The number of hydrogen-bond acceptors (Lipinski definition) is 1. The maximum atomic E-state index is 3.48. The highest BCUT2D eigenvalue weighted by Gasteiger charge is 2.08. The summed E-state index contributed by atoms with van der Waals surface area (Å²) in [4.78, 5) is 0. The molecule has 0 aliphatic heterocycles. The largest absolute Gasteiger partial charge is 0.310 e. The van der Waals surface area contributed by atoms with Crippen LogP contribution >= 0.6 is 15.9 Å². The summed E-state index contributed by atoms with van der Waals surface area (Å²) in [5.41, 5.74) is 3.97. The second-order valence-electron chi connectivity index (χ2n) is 4.01. The van der Waals surface area contributed by atoms with Crippen molar-refractivity contribution in [3.05, 3.63) is 45.4 Å². The van der Waals surface area contributed by atoms with E-state index >= 15 is 0 Å². The van der Waals surface area contributed by atoms with Gasteiger partial charge in [-0.25, -0.2) is 0 Å². The van der Waals surface area contributed by atoms with E-state index < -0.39 is 0 Å². The van der Waals surface area contributed by atoms with E-state index in [4.69, 9.17) is 0 Å². The molecular weight excluding hydrogens is 250 g/mol. The zero-order chi connectivity index (χ0) is 11.4. The molecule has 1 aromatic carbocycles. The molecule has 82 valence electrons. The Labute approximate surface area is 101 Å². The van der Waals surface area contributed by atoms with Gasteiger partial charge in [0, 0.05) is 4.47 Å². The second-order valence-corrected chi connectivity index (χ2v) is 4.93. The van der Waals surface area contributed by atoms with Gasteiger partial charge in [0.25, 0.3) is 0 Å². The summed E-state index contributed by atoms with van der Waals surface area (Å²) in [6, 6.07) is 6.72. The van der Waals surface area contributed by atoms with E-state index in [1.165, 1.54) is 16.7 Å². The maximum absolute atomic E-state index is 3.48. The van der Waals surface area contributed by atoms with Crippen LogP contribution in [-0.2, 0) is 0 Å². The van der Waals surface area contributed by atoms with Crippen LogP contribution in [-0.4, -0.2) is 7.05 Å². The van der Waals surface area contributed by atoms with Crippen LogP contribution in [0.15, 0.2) is 34.3 Å². The zero-order valence-corrected chi connectivity index (χ0v) is 11.4. The molecule has 1 nitrogen and oxygen atoms in total. The third kappa shape index (κ3) is 3.47. The summed E-state index contributed by atoms with van der Waals surface area (Å²) >= 11 is 3.48. The smallest absolute Gasteiger partial charge is 0.0508 e. The van der Waals surface area contributed by atoms with Crippen LogP contribution in [0, 0.1) is 6.92 Å². The van der Waals surface area contributed by atoms with E-state index in [2.05, 4.69) is 66.3 Å². The van der Waals surface area contributed by atoms with Crippen molar-refractivity contribution in [3.8, 4) is 0 Å². The molecule has 1 rings (SSSR count). The SMILES string of the molecule is CNC(C=C(C)C)c1ccc(Br)cc1C. The third-order valence-corrected chi connectivity index (χ3v) is 2.87. The number of allylic oxidation sites excluding steroid dienone is 1. The van der Waals surface area contributed by atoms with E-state index in [0.717, 1.165) is 4.47 Å². The van der Waals surface area contributed by atoms with Gasteiger partial charge in [-0.1, -0.05) is 33.6 Å². The van der Waals surface area contributed by atoms with Gasteiger partial charge in [0.2, 0.25) is 0 Å². The van der Waals surface area contributed by atoms with Gasteiger partial charge in [-0.3, -0.25) is 0 Å². The molecule has 0 aromatic heterocycles. The fraction of sp³-hybridized carbons (Fsp3) is 0.385. The molecule has 0 amide bonds. The fourth-order valence-corrected chi connectivity index (χ4v) is 2.13. The Morgan fingerprint density at radius 1 is 1.40 bits per heavy atom. The summed E-state index contributed by atoms with van der Waals surface area (Å²) in [5, 5.41) is 3.32. The van der Waals surface area contributed by atoms with Crippen molar-refractivity contribution in [3.63, 3.8) is 0 Å². The minimum absolute atomic E-state index is 0.308. The highest BCUT2D eigenvalue weighted by Crippen LogP contribution is 2.23. The minimum atomic E-state index is 0.308. The lowest BCUT2D eigenvalue weighted by Crippen LogP contribution is -2.15. The molecule has 0 aliphatic carbocycles. The number of hydrogen-bond donors (Lipinski definition) is 1. The molecule has 0 saturated carbocycles. The molecule has 0 fully saturated rings. The fourth-order valence-electron chi connectivity index (χ4n) is 1.65. The third-order valence-electron chi connectivity index (χ3n) is 2.38. The first-order valence-electron chi connectivity index (χ1n) is 5.13. The Kier molecular flexibility index (Phi) is 4.55. The first kappa shape index (κ1) is 12.5. The quantitative estimate of drug-likeness (QED) is 0.817. The summed E-state index contributed by atoms with van der Waals surface area (Å²) < 4.78 is 1.14. The average Bonchev–Trinajstić information content (AvgIpc) is 2.14. The summed E-state index contributed by atoms with van der Waals surface area (Å²) in [6.45, 7) is 6.39. The van der Waals surface area contributed by atoms with Crippen LogP contribution in [0.25, 0.3) is 0 Å². The van der Waals surface area contributed by atoms with Gasteiger partial charge in [-0.15, -0.1) is 0 Å². The number of aryl methyl sites for hydroxylation is 1. The Morgan fingerprint density at radius 2 is 2.07 bits per heavy atom. The van der Waals surface area contributed by atoms with Crippen molar-refractivity contribution < 1.29 is 0 Å². The van der Waals surface area contributed by atoms with E-state index in [0.29, 0.717) is 6.04 Å². The number of nitrogens with one attached hydrogen (secondary N) is 1. The molecule has 0 spiro atoms. The van der Waals surface area contributed by atoms with Crippen LogP contribution in [0.5, 0.6) is 0 Å². The van der Waals surface area contributed by atoms with Gasteiger partial charge in [0.15, 0.2) is 0 Å². The minimum Gasteiger partial charge on any atom is -0.310 e. The lowest BCUT2D eigenvalue weighted by molar-refractivity contribution is 0.705. The number of halogens is 1. The van der Waals surface area contributed by atoms with Gasteiger partial charge in [-0.2, -0.15) is 0 Å². The van der Waals surface area contributed by atoms with Gasteiger partial charge in [0.05, 0.1) is 6.04 Å². The van der Waals surface area contributed by atoms with Crippen LogP contribution in [0.4, 0.5) is 0 Å². The molecular formula is C13H18BrN. The second kappa shape index (κ2) is 5.47. The van der Waals surface area contributed by atoms with Crippen LogP contribution < -0.4 is 5.32 Å².